The maximum atomic E-state index is 12.2. The highest BCUT2D eigenvalue weighted by Gasteiger charge is 2.23. The standard InChI is InChI=1S/C16H24N4O2S/c1-12-10-20(11-13(2)22-12)15-4-3-14(9-17-15)18-16(21)19-5-7-23-8-6-19/h3-4,9,12-13H,5-8,10-11H2,1-2H3,(H,18,21)/t12-,13-/m1/s1. The summed E-state index contributed by atoms with van der Waals surface area (Å²) in [4.78, 5) is 20.8. The molecule has 0 unspecified atom stereocenters. The fourth-order valence-electron chi connectivity index (χ4n) is 2.98. The van der Waals surface area contributed by atoms with E-state index in [1.54, 1.807) is 6.20 Å². The highest BCUT2D eigenvalue weighted by Crippen LogP contribution is 2.20. The molecule has 1 N–H and O–H groups in total. The average Bonchev–Trinajstić information content (AvgIpc) is 2.55. The molecule has 2 atom stereocenters. The monoisotopic (exact) mass is 336 g/mol. The number of ether oxygens (including phenoxy) is 1. The first kappa shape index (κ1) is 16.4. The normalized spacial score (nSPS) is 25.3. The van der Waals surface area contributed by atoms with Gasteiger partial charge in [0.1, 0.15) is 5.82 Å². The van der Waals surface area contributed by atoms with Crippen LogP contribution in [0.15, 0.2) is 18.3 Å². The van der Waals surface area contributed by atoms with E-state index in [1.807, 2.05) is 28.8 Å². The van der Waals surface area contributed by atoms with Crippen LogP contribution in [-0.2, 0) is 4.74 Å². The zero-order valence-corrected chi connectivity index (χ0v) is 14.5. The van der Waals surface area contributed by atoms with Crippen LogP contribution in [0.2, 0.25) is 0 Å². The molecule has 0 aromatic carbocycles. The maximum Gasteiger partial charge on any atom is 0.321 e. The third-order valence-electron chi connectivity index (χ3n) is 4.04. The first-order valence-corrected chi connectivity index (χ1v) is 9.27. The molecule has 1 aromatic rings. The number of hydrogen-bond donors (Lipinski definition) is 1. The van der Waals surface area contributed by atoms with E-state index in [4.69, 9.17) is 4.74 Å². The molecule has 126 valence electrons. The van der Waals surface area contributed by atoms with Crippen LogP contribution in [-0.4, -0.2) is 65.8 Å². The highest BCUT2D eigenvalue weighted by atomic mass is 32.2. The van der Waals surface area contributed by atoms with Crippen LogP contribution in [0.4, 0.5) is 16.3 Å². The van der Waals surface area contributed by atoms with Crippen LogP contribution in [0.1, 0.15) is 13.8 Å². The molecular formula is C16H24N4O2S. The molecule has 2 amide bonds. The summed E-state index contributed by atoms with van der Waals surface area (Å²) in [6, 6.07) is 3.85. The molecule has 23 heavy (non-hydrogen) atoms. The molecule has 6 nitrogen and oxygen atoms in total. The molecule has 1 aromatic heterocycles. The number of nitrogens with one attached hydrogen (secondary N) is 1. The van der Waals surface area contributed by atoms with Gasteiger partial charge in [-0.3, -0.25) is 0 Å². The largest absolute Gasteiger partial charge is 0.372 e. The molecule has 0 aliphatic carbocycles. The van der Waals surface area contributed by atoms with Crippen molar-refractivity contribution in [3.05, 3.63) is 18.3 Å². The summed E-state index contributed by atoms with van der Waals surface area (Å²) in [5.74, 6) is 2.95. The number of rotatable bonds is 2. The van der Waals surface area contributed by atoms with Gasteiger partial charge in [-0.2, -0.15) is 11.8 Å². The number of carbonyl (C=O) groups is 1. The number of thioether (sulfide) groups is 1. The Morgan fingerprint density at radius 3 is 2.57 bits per heavy atom. The lowest BCUT2D eigenvalue weighted by atomic mass is 10.2. The number of amides is 2. The number of anilines is 2. The van der Waals surface area contributed by atoms with Gasteiger partial charge in [0.15, 0.2) is 0 Å². The maximum absolute atomic E-state index is 12.2. The van der Waals surface area contributed by atoms with Crippen LogP contribution >= 0.6 is 11.8 Å². The minimum absolute atomic E-state index is 0.0338. The fourth-order valence-corrected chi connectivity index (χ4v) is 3.88. The van der Waals surface area contributed by atoms with Gasteiger partial charge in [-0.1, -0.05) is 0 Å². The van der Waals surface area contributed by atoms with E-state index in [0.29, 0.717) is 0 Å². The van der Waals surface area contributed by atoms with Gasteiger partial charge in [0.25, 0.3) is 0 Å². The Morgan fingerprint density at radius 1 is 1.26 bits per heavy atom. The quantitative estimate of drug-likeness (QED) is 0.898. The van der Waals surface area contributed by atoms with Crippen LogP contribution in [0, 0.1) is 0 Å². The number of urea groups is 1. The number of hydrogen-bond acceptors (Lipinski definition) is 5. The van der Waals surface area contributed by atoms with Gasteiger partial charge in [0.2, 0.25) is 0 Å². The molecule has 2 aliphatic rings. The van der Waals surface area contributed by atoms with E-state index in [2.05, 4.69) is 29.0 Å². The van der Waals surface area contributed by atoms with E-state index >= 15 is 0 Å². The molecular weight excluding hydrogens is 312 g/mol. The fraction of sp³-hybridized carbons (Fsp3) is 0.625. The van der Waals surface area contributed by atoms with Crippen LogP contribution in [0.5, 0.6) is 0 Å². The SMILES string of the molecule is C[C@@H]1CN(c2ccc(NC(=O)N3CCSCC3)cn2)C[C@@H](C)O1. The third kappa shape index (κ3) is 4.29. The molecule has 0 bridgehead atoms. The minimum atomic E-state index is -0.0338. The van der Waals surface area contributed by atoms with Crippen LogP contribution in [0.3, 0.4) is 0 Å². The molecule has 2 aliphatic heterocycles. The Kier molecular flexibility index (Phi) is 5.27. The lowest BCUT2D eigenvalue weighted by Crippen LogP contribution is -2.45. The summed E-state index contributed by atoms with van der Waals surface area (Å²) >= 11 is 1.89. The van der Waals surface area contributed by atoms with Gasteiger partial charge in [0.05, 0.1) is 24.1 Å². The van der Waals surface area contributed by atoms with E-state index in [0.717, 1.165) is 49.2 Å². The smallest absolute Gasteiger partial charge is 0.321 e. The first-order chi connectivity index (χ1) is 11.1. The Bertz CT molecular complexity index is 523. The van der Waals surface area contributed by atoms with Crippen LogP contribution in [0.25, 0.3) is 0 Å². The van der Waals surface area contributed by atoms with Gasteiger partial charge >= 0.3 is 6.03 Å². The number of nitrogens with zero attached hydrogens (tertiary/aromatic N) is 3. The number of morpholine rings is 1. The van der Waals surface area contributed by atoms with E-state index < -0.39 is 0 Å². The second kappa shape index (κ2) is 7.40. The second-order valence-corrected chi connectivity index (χ2v) is 7.32. The van der Waals surface area contributed by atoms with Crippen molar-refractivity contribution in [1.82, 2.24) is 9.88 Å². The molecule has 3 heterocycles. The zero-order valence-electron chi connectivity index (χ0n) is 13.7. The molecule has 0 radical (unpaired) electrons. The molecule has 7 heteroatoms. The summed E-state index contributed by atoms with van der Waals surface area (Å²) in [6.45, 7) is 7.46. The van der Waals surface area contributed by atoms with E-state index in [-0.39, 0.29) is 18.2 Å². The summed E-state index contributed by atoms with van der Waals surface area (Å²) in [5, 5.41) is 2.93. The van der Waals surface area contributed by atoms with E-state index in [9.17, 15) is 4.79 Å². The van der Waals surface area contributed by atoms with Crippen molar-refractivity contribution in [2.24, 2.45) is 0 Å². The van der Waals surface area contributed by atoms with Crippen molar-refractivity contribution in [1.29, 1.82) is 0 Å². The van der Waals surface area contributed by atoms with Crippen LogP contribution < -0.4 is 10.2 Å². The Morgan fingerprint density at radius 2 is 1.96 bits per heavy atom. The van der Waals surface area contributed by atoms with Crippen molar-refractivity contribution in [3.63, 3.8) is 0 Å². The lowest BCUT2D eigenvalue weighted by molar-refractivity contribution is -0.00545. The molecule has 0 spiro atoms. The minimum Gasteiger partial charge on any atom is -0.372 e. The van der Waals surface area contributed by atoms with E-state index in [1.165, 1.54) is 0 Å². The van der Waals surface area contributed by atoms with Crippen molar-refractivity contribution < 1.29 is 9.53 Å². The van der Waals surface area contributed by atoms with Crippen molar-refractivity contribution in [2.45, 2.75) is 26.1 Å². The zero-order chi connectivity index (χ0) is 16.2. The van der Waals surface area contributed by atoms with Crippen molar-refractivity contribution >= 4 is 29.3 Å². The summed E-state index contributed by atoms with van der Waals surface area (Å²) < 4.78 is 5.75. The average molecular weight is 336 g/mol. The molecule has 3 rings (SSSR count). The predicted molar refractivity (Wildman–Crippen MR) is 94.4 cm³/mol. The summed E-state index contributed by atoms with van der Waals surface area (Å²) in [7, 11) is 0. The first-order valence-electron chi connectivity index (χ1n) is 8.12. The predicted octanol–water partition coefficient (Wildman–Crippen LogP) is 2.28. The van der Waals surface area contributed by atoms with Gasteiger partial charge in [-0.05, 0) is 26.0 Å². The Labute approximate surface area is 141 Å². The van der Waals surface area contributed by atoms with Crippen molar-refractivity contribution in [2.75, 3.05) is 47.9 Å². The third-order valence-corrected chi connectivity index (χ3v) is 4.98. The highest BCUT2D eigenvalue weighted by molar-refractivity contribution is 7.99. The topological polar surface area (TPSA) is 57.7 Å². The Balaban J connectivity index is 1.59. The van der Waals surface area contributed by atoms with Gasteiger partial charge in [0, 0.05) is 37.7 Å². The molecule has 2 fully saturated rings. The number of carbonyl (C=O) groups excluding carboxylic acids is 1. The van der Waals surface area contributed by atoms with Gasteiger partial charge < -0.3 is 19.9 Å². The number of pyridine rings is 1. The lowest BCUT2D eigenvalue weighted by Gasteiger charge is -2.36. The van der Waals surface area contributed by atoms with Gasteiger partial charge in [-0.25, -0.2) is 9.78 Å². The number of aromatic nitrogens is 1. The molecule has 0 saturated carbocycles. The molecule has 2 saturated heterocycles. The summed E-state index contributed by atoms with van der Waals surface area (Å²) in [5.41, 5.74) is 0.742. The van der Waals surface area contributed by atoms with Gasteiger partial charge in [-0.15, -0.1) is 0 Å². The van der Waals surface area contributed by atoms with Crippen molar-refractivity contribution in [3.8, 4) is 0 Å². The Hall–Kier alpha value is -1.47. The second-order valence-electron chi connectivity index (χ2n) is 6.10. The summed E-state index contributed by atoms with van der Waals surface area (Å²) in [6.07, 6.45) is 2.14.